The molecule has 28 heavy (non-hydrogen) atoms. The number of hydrogen-bond acceptors (Lipinski definition) is 3. The topological polar surface area (TPSA) is 70.6 Å². The maximum Gasteiger partial charge on any atom is 0.271 e. The van der Waals surface area contributed by atoms with Crippen LogP contribution in [0.2, 0.25) is 5.02 Å². The molecule has 0 aromatic heterocycles. The van der Waals surface area contributed by atoms with Crippen molar-refractivity contribution < 1.29 is 9.59 Å². The van der Waals surface area contributed by atoms with Crippen molar-refractivity contribution in [3.63, 3.8) is 0 Å². The summed E-state index contributed by atoms with van der Waals surface area (Å²) in [5.74, 6) is -0.669. The number of carbonyl (C=O) groups is 2. The second-order valence-electron chi connectivity index (χ2n) is 5.77. The average Bonchev–Trinajstić information content (AvgIpc) is 2.69. The van der Waals surface area contributed by atoms with E-state index in [1.807, 2.05) is 18.2 Å². The first-order chi connectivity index (χ1) is 13.5. The highest BCUT2D eigenvalue weighted by atomic mass is 79.9. The molecule has 5 nitrogen and oxygen atoms in total. The molecule has 2 amide bonds. The number of rotatable bonds is 5. The van der Waals surface area contributed by atoms with Crippen LogP contribution in [0, 0.1) is 0 Å². The van der Waals surface area contributed by atoms with Crippen molar-refractivity contribution in [1.29, 1.82) is 0 Å². The van der Waals surface area contributed by atoms with Gasteiger partial charge in [0.25, 0.3) is 11.8 Å². The molecular weight excluding hydrogens is 442 g/mol. The van der Waals surface area contributed by atoms with E-state index in [1.54, 1.807) is 54.6 Å². The van der Waals surface area contributed by atoms with Gasteiger partial charge in [-0.25, -0.2) is 5.43 Å². The summed E-state index contributed by atoms with van der Waals surface area (Å²) in [6, 6.07) is 20.8. The Bertz CT molecular complexity index is 1050. The zero-order chi connectivity index (χ0) is 19.9. The Kier molecular flexibility index (Phi) is 6.57. The summed E-state index contributed by atoms with van der Waals surface area (Å²) in [6.45, 7) is 0. The first-order valence-electron chi connectivity index (χ1n) is 8.28. The Labute approximate surface area is 175 Å². The van der Waals surface area contributed by atoms with Gasteiger partial charge in [0, 0.05) is 31.9 Å². The van der Waals surface area contributed by atoms with Crippen LogP contribution in [-0.4, -0.2) is 18.0 Å². The van der Waals surface area contributed by atoms with Crippen LogP contribution in [0.25, 0.3) is 0 Å². The van der Waals surface area contributed by atoms with E-state index in [4.69, 9.17) is 11.6 Å². The van der Waals surface area contributed by atoms with E-state index in [9.17, 15) is 9.59 Å². The zero-order valence-corrected chi connectivity index (χ0v) is 16.9. The number of hydrogen-bond donors (Lipinski definition) is 2. The van der Waals surface area contributed by atoms with E-state index in [2.05, 4.69) is 31.8 Å². The maximum absolute atomic E-state index is 12.3. The highest BCUT2D eigenvalue weighted by Crippen LogP contribution is 2.16. The second kappa shape index (κ2) is 9.30. The summed E-state index contributed by atoms with van der Waals surface area (Å²) < 4.78 is 0.810. The summed E-state index contributed by atoms with van der Waals surface area (Å²) in [6.07, 6.45) is 1.47. The van der Waals surface area contributed by atoms with Gasteiger partial charge in [-0.3, -0.25) is 9.59 Å². The van der Waals surface area contributed by atoms with Crippen LogP contribution < -0.4 is 10.7 Å². The molecule has 0 spiro atoms. The number of amides is 2. The van der Waals surface area contributed by atoms with Crippen molar-refractivity contribution >= 4 is 51.2 Å². The van der Waals surface area contributed by atoms with Crippen LogP contribution in [0.4, 0.5) is 5.69 Å². The Balaban J connectivity index is 1.66. The van der Waals surface area contributed by atoms with Crippen LogP contribution in [-0.2, 0) is 0 Å². The molecule has 2 N–H and O–H groups in total. The van der Waals surface area contributed by atoms with Gasteiger partial charge in [0.05, 0.1) is 6.21 Å². The minimum absolute atomic E-state index is 0.268. The molecule has 3 aromatic rings. The molecule has 0 aliphatic rings. The first kappa shape index (κ1) is 19.8. The van der Waals surface area contributed by atoms with Crippen LogP contribution in [0.15, 0.2) is 82.4 Å². The molecule has 0 radical (unpaired) electrons. The van der Waals surface area contributed by atoms with Crippen LogP contribution in [0.1, 0.15) is 26.3 Å². The quantitative estimate of drug-likeness (QED) is 0.413. The molecule has 0 bridgehead atoms. The van der Waals surface area contributed by atoms with E-state index in [-0.39, 0.29) is 5.91 Å². The molecule has 3 rings (SSSR count). The van der Waals surface area contributed by atoms with Crippen molar-refractivity contribution in [2.75, 3.05) is 5.32 Å². The van der Waals surface area contributed by atoms with Crippen molar-refractivity contribution in [3.05, 3.63) is 99.0 Å². The molecule has 0 atom stereocenters. The monoisotopic (exact) mass is 455 g/mol. The Morgan fingerprint density at radius 3 is 2.36 bits per heavy atom. The number of carbonyl (C=O) groups excluding carboxylic acids is 2. The maximum atomic E-state index is 12.3. The normalized spacial score (nSPS) is 10.6. The zero-order valence-electron chi connectivity index (χ0n) is 14.5. The first-order valence-corrected chi connectivity index (χ1v) is 9.45. The van der Waals surface area contributed by atoms with Gasteiger partial charge in [-0.05, 0) is 42.5 Å². The van der Waals surface area contributed by atoms with Crippen molar-refractivity contribution in [3.8, 4) is 0 Å². The molecule has 0 saturated heterocycles. The van der Waals surface area contributed by atoms with Crippen molar-refractivity contribution in [2.45, 2.75) is 0 Å². The predicted molar refractivity (Wildman–Crippen MR) is 115 cm³/mol. The van der Waals surface area contributed by atoms with E-state index < -0.39 is 5.91 Å². The molecule has 0 saturated carbocycles. The summed E-state index contributed by atoms with van der Waals surface area (Å²) in [5.41, 5.74) is 4.52. The fraction of sp³-hybridized carbons (Fsp3) is 0. The van der Waals surface area contributed by atoms with Gasteiger partial charge in [0.15, 0.2) is 0 Å². The lowest BCUT2D eigenvalue weighted by atomic mass is 10.1. The second-order valence-corrected chi connectivity index (χ2v) is 7.09. The third-order valence-electron chi connectivity index (χ3n) is 3.74. The summed E-state index contributed by atoms with van der Waals surface area (Å²) in [4.78, 5) is 24.6. The fourth-order valence-electron chi connectivity index (χ4n) is 2.38. The smallest absolute Gasteiger partial charge is 0.271 e. The number of anilines is 1. The fourth-order valence-corrected chi connectivity index (χ4v) is 2.96. The lowest BCUT2D eigenvalue weighted by molar-refractivity contribution is 0.0953. The van der Waals surface area contributed by atoms with Gasteiger partial charge < -0.3 is 5.32 Å². The van der Waals surface area contributed by atoms with Gasteiger partial charge in [-0.15, -0.1) is 0 Å². The third-order valence-corrected chi connectivity index (χ3v) is 4.58. The summed E-state index contributed by atoms with van der Waals surface area (Å²) >= 11 is 9.38. The van der Waals surface area contributed by atoms with Crippen molar-refractivity contribution in [1.82, 2.24) is 5.43 Å². The van der Waals surface area contributed by atoms with Crippen LogP contribution in [0.5, 0.6) is 0 Å². The van der Waals surface area contributed by atoms with Crippen LogP contribution in [0.3, 0.4) is 0 Å². The number of nitrogens with zero attached hydrogens (tertiary/aromatic N) is 1. The molecule has 0 fully saturated rings. The molecule has 0 aliphatic carbocycles. The highest BCUT2D eigenvalue weighted by Gasteiger charge is 2.09. The Morgan fingerprint density at radius 2 is 1.61 bits per heavy atom. The molecule has 7 heteroatoms. The Hall–Kier alpha value is -2.96. The third kappa shape index (κ3) is 5.28. The van der Waals surface area contributed by atoms with Gasteiger partial charge in [-0.1, -0.05) is 57.9 Å². The molecule has 140 valence electrons. The number of halogens is 2. The molecule has 0 unspecified atom stereocenters. The van der Waals surface area contributed by atoms with Gasteiger partial charge >= 0.3 is 0 Å². The van der Waals surface area contributed by atoms with Crippen LogP contribution >= 0.6 is 27.5 Å². The largest absolute Gasteiger partial charge is 0.322 e. The summed E-state index contributed by atoms with van der Waals surface area (Å²) in [5, 5.41) is 7.24. The molecule has 0 heterocycles. The van der Waals surface area contributed by atoms with Gasteiger partial charge in [0.2, 0.25) is 0 Å². The van der Waals surface area contributed by atoms with E-state index in [0.29, 0.717) is 27.4 Å². The van der Waals surface area contributed by atoms with E-state index in [0.717, 1.165) is 4.47 Å². The van der Waals surface area contributed by atoms with E-state index in [1.165, 1.54) is 6.21 Å². The summed E-state index contributed by atoms with van der Waals surface area (Å²) in [7, 11) is 0. The number of benzene rings is 3. The minimum Gasteiger partial charge on any atom is -0.322 e. The predicted octanol–water partition coefficient (Wildman–Crippen LogP) is 5.12. The Morgan fingerprint density at radius 1 is 0.893 bits per heavy atom. The number of nitrogens with one attached hydrogen (secondary N) is 2. The molecule has 0 aliphatic heterocycles. The standard InChI is InChI=1S/C21H15BrClN3O2/c22-17-8-3-6-14(11-17)20(27)25-18-9-4-7-15(12-18)21(28)26-24-13-16-5-1-2-10-19(16)23/h1-13H,(H,25,27)(H,26,28)/b24-13+. The lowest BCUT2D eigenvalue weighted by Gasteiger charge is -2.07. The molecular formula is C21H15BrClN3O2. The SMILES string of the molecule is O=C(N/N=C/c1ccccc1Cl)c1cccc(NC(=O)c2cccc(Br)c2)c1. The van der Waals surface area contributed by atoms with Crippen molar-refractivity contribution in [2.24, 2.45) is 5.10 Å². The average molecular weight is 457 g/mol. The van der Waals surface area contributed by atoms with Gasteiger partial charge in [-0.2, -0.15) is 5.10 Å². The molecule has 3 aromatic carbocycles. The highest BCUT2D eigenvalue weighted by molar-refractivity contribution is 9.10. The number of hydrazone groups is 1. The van der Waals surface area contributed by atoms with Gasteiger partial charge in [0.1, 0.15) is 0 Å². The van der Waals surface area contributed by atoms with E-state index >= 15 is 0 Å². The minimum atomic E-state index is -0.401. The lowest BCUT2D eigenvalue weighted by Crippen LogP contribution is -2.18.